The normalized spacial score (nSPS) is 10.7. The molecule has 0 saturated heterocycles. The molecule has 0 fully saturated rings. The standard InChI is InChI=1S/C9H14N2O/c1-7-4-10-5-8(7)9(12)6-11(2)3/h4-5,10H,6H2,1-3H3. The highest BCUT2D eigenvalue weighted by atomic mass is 16.1. The molecule has 0 aliphatic heterocycles. The Bertz CT molecular complexity index is 276. The second-order valence-electron chi connectivity index (χ2n) is 3.21. The van der Waals surface area contributed by atoms with Crippen LogP contribution in [0.4, 0.5) is 0 Å². The third kappa shape index (κ3) is 1.95. The molecule has 0 saturated carbocycles. The first-order chi connectivity index (χ1) is 5.61. The monoisotopic (exact) mass is 166 g/mol. The zero-order valence-corrected chi connectivity index (χ0v) is 7.72. The Morgan fingerprint density at radius 1 is 1.50 bits per heavy atom. The average molecular weight is 166 g/mol. The summed E-state index contributed by atoms with van der Waals surface area (Å²) in [6.45, 7) is 2.40. The molecule has 0 aliphatic carbocycles. The van der Waals surface area contributed by atoms with Crippen molar-refractivity contribution in [3.05, 3.63) is 23.5 Å². The van der Waals surface area contributed by atoms with E-state index in [2.05, 4.69) is 4.98 Å². The van der Waals surface area contributed by atoms with Crippen molar-refractivity contribution in [2.24, 2.45) is 0 Å². The molecule has 1 heterocycles. The summed E-state index contributed by atoms with van der Waals surface area (Å²) in [6, 6.07) is 0. The van der Waals surface area contributed by atoms with Crippen LogP contribution in [-0.4, -0.2) is 36.3 Å². The quantitative estimate of drug-likeness (QED) is 0.682. The second-order valence-corrected chi connectivity index (χ2v) is 3.21. The number of rotatable bonds is 3. The molecular formula is C9H14N2O. The molecule has 1 aromatic rings. The van der Waals surface area contributed by atoms with Gasteiger partial charge in [-0.05, 0) is 26.6 Å². The zero-order valence-electron chi connectivity index (χ0n) is 7.72. The fourth-order valence-corrected chi connectivity index (χ4v) is 1.11. The second kappa shape index (κ2) is 3.54. The Kier molecular flexibility index (Phi) is 2.65. The number of carbonyl (C=O) groups excluding carboxylic acids is 1. The van der Waals surface area contributed by atoms with Gasteiger partial charge in [0, 0.05) is 18.0 Å². The first-order valence-corrected chi connectivity index (χ1v) is 3.92. The van der Waals surface area contributed by atoms with Crippen molar-refractivity contribution in [2.45, 2.75) is 6.92 Å². The van der Waals surface area contributed by atoms with Crippen LogP contribution >= 0.6 is 0 Å². The van der Waals surface area contributed by atoms with Crippen molar-refractivity contribution >= 4 is 5.78 Å². The lowest BCUT2D eigenvalue weighted by Gasteiger charge is -2.07. The molecule has 1 rings (SSSR count). The Balaban J connectivity index is 2.72. The van der Waals surface area contributed by atoms with Crippen molar-refractivity contribution in [2.75, 3.05) is 20.6 Å². The highest BCUT2D eigenvalue weighted by molar-refractivity contribution is 5.98. The first-order valence-electron chi connectivity index (χ1n) is 3.92. The summed E-state index contributed by atoms with van der Waals surface area (Å²) in [7, 11) is 3.78. The minimum absolute atomic E-state index is 0.166. The Hall–Kier alpha value is -1.09. The summed E-state index contributed by atoms with van der Waals surface area (Å²) in [5.41, 5.74) is 1.81. The summed E-state index contributed by atoms with van der Waals surface area (Å²) in [6.07, 6.45) is 3.59. The van der Waals surface area contributed by atoms with Gasteiger partial charge in [0.2, 0.25) is 0 Å². The molecule has 1 N–H and O–H groups in total. The van der Waals surface area contributed by atoms with E-state index in [1.54, 1.807) is 6.20 Å². The molecule has 0 atom stereocenters. The van der Waals surface area contributed by atoms with Crippen LogP contribution in [0.15, 0.2) is 12.4 Å². The Morgan fingerprint density at radius 2 is 2.17 bits per heavy atom. The summed E-state index contributed by atoms with van der Waals surface area (Å²) >= 11 is 0. The van der Waals surface area contributed by atoms with Gasteiger partial charge >= 0.3 is 0 Å². The number of ketones is 1. The third-order valence-electron chi connectivity index (χ3n) is 1.71. The highest BCUT2D eigenvalue weighted by Gasteiger charge is 2.09. The number of aromatic amines is 1. The zero-order chi connectivity index (χ0) is 9.14. The van der Waals surface area contributed by atoms with E-state index in [9.17, 15) is 4.79 Å². The van der Waals surface area contributed by atoms with Gasteiger partial charge in [0.25, 0.3) is 0 Å². The smallest absolute Gasteiger partial charge is 0.178 e. The predicted molar refractivity (Wildman–Crippen MR) is 48.4 cm³/mol. The molecule has 0 radical (unpaired) electrons. The van der Waals surface area contributed by atoms with E-state index in [1.807, 2.05) is 32.1 Å². The predicted octanol–water partition coefficient (Wildman–Crippen LogP) is 1.07. The molecule has 66 valence electrons. The van der Waals surface area contributed by atoms with Crippen molar-refractivity contribution in [3.8, 4) is 0 Å². The molecule has 3 nitrogen and oxygen atoms in total. The van der Waals surface area contributed by atoms with Crippen LogP contribution in [0.1, 0.15) is 15.9 Å². The lowest BCUT2D eigenvalue weighted by molar-refractivity contribution is 0.0957. The van der Waals surface area contributed by atoms with Gasteiger partial charge in [-0.3, -0.25) is 4.79 Å². The van der Waals surface area contributed by atoms with Crippen LogP contribution in [0.2, 0.25) is 0 Å². The number of H-pyrrole nitrogens is 1. The van der Waals surface area contributed by atoms with Crippen LogP contribution < -0.4 is 0 Å². The van der Waals surface area contributed by atoms with Crippen LogP contribution in [-0.2, 0) is 0 Å². The molecular weight excluding hydrogens is 152 g/mol. The van der Waals surface area contributed by atoms with E-state index >= 15 is 0 Å². The minimum Gasteiger partial charge on any atom is -0.367 e. The average Bonchev–Trinajstić information content (AvgIpc) is 2.33. The van der Waals surface area contributed by atoms with Crippen LogP contribution in [0.5, 0.6) is 0 Å². The maximum atomic E-state index is 11.5. The summed E-state index contributed by atoms with van der Waals surface area (Å²) in [5.74, 6) is 0.166. The Morgan fingerprint density at radius 3 is 2.58 bits per heavy atom. The summed E-state index contributed by atoms with van der Waals surface area (Å²) in [4.78, 5) is 16.3. The van der Waals surface area contributed by atoms with Gasteiger partial charge in [-0.2, -0.15) is 0 Å². The van der Waals surface area contributed by atoms with E-state index < -0.39 is 0 Å². The summed E-state index contributed by atoms with van der Waals surface area (Å²) in [5, 5.41) is 0. The van der Waals surface area contributed by atoms with E-state index in [0.717, 1.165) is 11.1 Å². The van der Waals surface area contributed by atoms with Gasteiger partial charge in [0.15, 0.2) is 5.78 Å². The lowest BCUT2D eigenvalue weighted by atomic mass is 10.1. The van der Waals surface area contributed by atoms with E-state index in [0.29, 0.717) is 6.54 Å². The number of carbonyl (C=O) groups is 1. The van der Waals surface area contributed by atoms with E-state index in [1.165, 1.54) is 0 Å². The number of hydrogen-bond donors (Lipinski definition) is 1. The van der Waals surface area contributed by atoms with Gasteiger partial charge in [0.05, 0.1) is 6.54 Å². The van der Waals surface area contributed by atoms with Crippen molar-refractivity contribution < 1.29 is 4.79 Å². The largest absolute Gasteiger partial charge is 0.367 e. The van der Waals surface area contributed by atoms with Gasteiger partial charge in [-0.1, -0.05) is 0 Å². The number of nitrogens with zero attached hydrogens (tertiary/aromatic N) is 1. The number of aromatic nitrogens is 1. The topological polar surface area (TPSA) is 36.1 Å². The van der Waals surface area contributed by atoms with E-state index in [-0.39, 0.29) is 5.78 Å². The lowest BCUT2D eigenvalue weighted by Crippen LogP contribution is -2.21. The van der Waals surface area contributed by atoms with Crippen LogP contribution in [0, 0.1) is 6.92 Å². The maximum absolute atomic E-state index is 11.5. The van der Waals surface area contributed by atoms with Gasteiger partial charge in [-0.15, -0.1) is 0 Å². The van der Waals surface area contributed by atoms with Crippen molar-refractivity contribution in [1.29, 1.82) is 0 Å². The molecule has 0 spiro atoms. The fourth-order valence-electron chi connectivity index (χ4n) is 1.11. The molecule has 12 heavy (non-hydrogen) atoms. The number of likely N-dealkylation sites (N-methyl/N-ethyl adjacent to an activating group) is 1. The Labute approximate surface area is 72.4 Å². The van der Waals surface area contributed by atoms with Gasteiger partial charge in [-0.25, -0.2) is 0 Å². The SMILES string of the molecule is Cc1c[nH]cc1C(=O)CN(C)C. The molecule has 0 unspecified atom stereocenters. The first kappa shape index (κ1) is 9.00. The number of hydrogen-bond acceptors (Lipinski definition) is 2. The minimum atomic E-state index is 0.166. The third-order valence-corrected chi connectivity index (χ3v) is 1.71. The molecule has 1 aromatic heterocycles. The fraction of sp³-hybridized carbons (Fsp3) is 0.444. The highest BCUT2D eigenvalue weighted by Crippen LogP contribution is 2.06. The summed E-state index contributed by atoms with van der Waals surface area (Å²) < 4.78 is 0. The molecule has 3 heteroatoms. The maximum Gasteiger partial charge on any atom is 0.178 e. The van der Waals surface area contributed by atoms with Gasteiger partial charge < -0.3 is 9.88 Å². The molecule has 0 bridgehead atoms. The van der Waals surface area contributed by atoms with Crippen molar-refractivity contribution in [1.82, 2.24) is 9.88 Å². The van der Waals surface area contributed by atoms with Crippen LogP contribution in [0.25, 0.3) is 0 Å². The van der Waals surface area contributed by atoms with Gasteiger partial charge in [0.1, 0.15) is 0 Å². The number of nitrogens with one attached hydrogen (secondary N) is 1. The van der Waals surface area contributed by atoms with Crippen molar-refractivity contribution in [3.63, 3.8) is 0 Å². The van der Waals surface area contributed by atoms with Crippen LogP contribution in [0.3, 0.4) is 0 Å². The number of Topliss-reactive ketones (excluding diaryl/α,β-unsaturated/α-hetero) is 1. The molecule has 0 aliphatic rings. The molecule has 0 aromatic carbocycles. The van der Waals surface area contributed by atoms with E-state index in [4.69, 9.17) is 0 Å². The number of aryl methyl sites for hydroxylation is 1. The molecule has 0 amide bonds.